The summed E-state index contributed by atoms with van der Waals surface area (Å²) >= 11 is 1.90. The molecule has 0 bridgehead atoms. The van der Waals surface area contributed by atoms with Gasteiger partial charge in [0.1, 0.15) is 6.10 Å². The van der Waals surface area contributed by atoms with Crippen LogP contribution in [0, 0.1) is 13.8 Å². The maximum absolute atomic E-state index is 5.70. The van der Waals surface area contributed by atoms with Crippen LogP contribution in [0.25, 0.3) is 0 Å². The highest BCUT2D eigenvalue weighted by molar-refractivity contribution is 7.99. The van der Waals surface area contributed by atoms with Crippen molar-refractivity contribution in [2.24, 2.45) is 5.73 Å². The van der Waals surface area contributed by atoms with E-state index in [1.54, 1.807) is 0 Å². The number of nitrogens with two attached hydrogens (primary N) is 1. The number of thioether (sulfide) groups is 1. The van der Waals surface area contributed by atoms with Crippen LogP contribution in [0.1, 0.15) is 28.9 Å². The Balaban J connectivity index is 2.24. The Morgan fingerprint density at radius 3 is 2.59 bits per heavy atom. The van der Waals surface area contributed by atoms with E-state index in [9.17, 15) is 0 Å². The molecule has 0 radical (unpaired) electrons. The van der Waals surface area contributed by atoms with E-state index < -0.39 is 0 Å². The van der Waals surface area contributed by atoms with Crippen molar-refractivity contribution in [2.75, 3.05) is 24.7 Å². The monoisotopic (exact) mass is 253 g/mol. The Kier molecular flexibility index (Phi) is 4.36. The fourth-order valence-electron chi connectivity index (χ4n) is 2.05. The van der Waals surface area contributed by atoms with Crippen molar-refractivity contribution < 1.29 is 4.74 Å². The summed E-state index contributed by atoms with van der Waals surface area (Å²) in [6, 6.07) is 0. The van der Waals surface area contributed by atoms with E-state index in [0.29, 0.717) is 6.54 Å². The molecule has 2 rings (SSSR count). The van der Waals surface area contributed by atoms with Gasteiger partial charge < -0.3 is 10.5 Å². The predicted molar refractivity (Wildman–Crippen MR) is 70.3 cm³/mol. The standard InChI is InChI=1S/C12H19N3OS/c1-8-10(3-4-13)9(2)15-12(14-8)11-7-17-6-5-16-11/h11H,3-7,13H2,1-2H3. The molecule has 1 aromatic heterocycles. The smallest absolute Gasteiger partial charge is 0.158 e. The summed E-state index contributed by atoms with van der Waals surface area (Å²) in [6.07, 6.45) is 0.899. The lowest BCUT2D eigenvalue weighted by Crippen LogP contribution is -2.20. The molecule has 0 aromatic carbocycles. The second kappa shape index (κ2) is 5.80. The Bertz CT molecular complexity index is 368. The van der Waals surface area contributed by atoms with E-state index in [0.717, 1.165) is 41.7 Å². The number of hydrogen-bond donors (Lipinski definition) is 1. The average molecular weight is 253 g/mol. The third kappa shape index (κ3) is 2.97. The normalized spacial score (nSPS) is 20.5. The molecule has 4 nitrogen and oxygen atoms in total. The first-order chi connectivity index (χ1) is 8.22. The maximum atomic E-state index is 5.70. The van der Waals surface area contributed by atoms with Crippen LogP contribution >= 0.6 is 11.8 Å². The summed E-state index contributed by atoms with van der Waals surface area (Å²) in [5.74, 6) is 2.85. The molecule has 17 heavy (non-hydrogen) atoms. The van der Waals surface area contributed by atoms with Gasteiger partial charge in [-0.15, -0.1) is 0 Å². The third-order valence-electron chi connectivity index (χ3n) is 2.94. The van der Waals surface area contributed by atoms with Crippen LogP contribution in [-0.4, -0.2) is 34.6 Å². The minimum Gasteiger partial charge on any atom is -0.368 e. The van der Waals surface area contributed by atoms with Gasteiger partial charge in [0.05, 0.1) is 6.61 Å². The molecule has 0 aliphatic carbocycles. The fourth-order valence-corrected chi connectivity index (χ4v) is 2.89. The summed E-state index contributed by atoms with van der Waals surface area (Å²) in [5.41, 5.74) is 8.85. The molecule has 2 heterocycles. The van der Waals surface area contributed by atoms with Crippen molar-refractivity contribution in [3.63, 3.8) is 0 Å². The molecule has 1 aliphatic rings. The molecule has 1 aliphatic heterocycles. The van der Waals surface area contributed by atoms with Crippen LogP contribution < -0.4 is 5.73 Å². The van der Waals surface area contributed by atoms with Gasteiger partial charge >= 0.3 is 0 Å². The molecule has 2 N–H and O–H groups in total. The van der Waals surface area contributed by atoms with E-state index in [1.165, 1.54) is 5.56 Å². The summed E-state index contributed by atoms with van der Waals surface area (Å²) in [7, 11) is 0. The van der Waals surface area contributed by atoms with Crippen LogP contribution in [0.15, 0.2) is 0 Å². The van der Waals surface area contributed by atoms with Gasteiger partial charge in [0.2, 0.25) is 0 Å². The highest BCUT2D eigenvalue weighted by Crippen LogP contribution is 2.25. The van der Waals surface area contributed by atoms with Crippen molar-refractivity contribution in [3.8, 4) is 0 Å². The molecule has 1 aromatic rings. The lowest BCUT2D eigenvalue weighted by Gasteiger charge is -2.22. The van der Waals surface area contributed by atoms with E-state index in [1.807, 2.05) is 25.6 Å². The molecular weight excluding hydrogens is 234 g/mol. The number of hydrogen-bond acceptors (Lipinski definition) is 5. The van der Waals surface area contributed by atoms with Crippen LogP contribution in [0.3, 0.4) is 0 Å². The van der Waals surface area contributed by atoms with E-state index in [2.05, 4.69) is 9.97 Å². The highest BCUT2D eigenvalue weighted by atomic mass is 32.2. The SMILES string of the molecule is Cc1nc(C2CSCCO2)nc(C)c1CCN. The van der Waals surface area contributed by atoms with Crippen LogP contribution in [0.5, 0.6) is 0 Å². The van der Waals surface area contributed by atoms with E-state index in [-0.39, 0.29) is 6.10 Å². The summed E-state index contributed by atoms with van der Waals surface area (Å²) in [4.78, 5) is 9.14. The maximum Gasteiger partial charge on any atom is 0.158 e. The lowest BCUT2D eigenvalue weighted by atomic mass is 10.1. The fraction of sp³-hybridized carbons (Fsp3) is 0.667. The molecule has 5 heteroatoms. The van der Waals surface area contributed by atoms with Crippen molar-refractivity contribution >= 4 is 11.8 Å². The highest BCUT2D eigenvalue weighted by Gasteiger charge is 2.20. The number of aromatic nitrogens is 2. The van der Waals surface area contributed by atoms with Gasteiger partial charge in [-0.05, 0) is 32.4 Å². The van der Waals surface area contributed by atoms with Gasteiger partial charge in [-0.2, -0.15) is 11.8 Å². The predicted octanol–water partition coefficient (Wildman–Crippen LogP) is 1.40. The summed E-state index contributed by atoms with van der Waals surface area (Å²) < 4.78 is 5.70. The number of nitrogens with zero attached hydrogens (tertiary/aromatic N) is 2. The molecule has 1 fully saturated rings. The molecule has 1 saturated heterocycles. The van der Waals surface area contributed by atoms with Gasteiger partial charge in [-0.3, -0.25) is 0 Å². The first-order valence-electron chi connectivity index (χ1n) is 5.95. The first kappa shape index (κ1) is 12.8. The van der Waals surface area contributed by atoms with Crippen LogP contribution in [-0.2, 0) is 11.2 Å². The van der Waals surface area contributed by atoms with Gasteiger partial charge in [-0.1, -0.05) is 0 Å². The molecule has 0 amide bonds. The van der Waals surface area contributed by atoms with Crippen LogP contribution in [0.2, 0.25) is 0 Å². The van der Waals surface area contributed by atoms with Crippen molar-refractivity contribution in [1.82, 2.24) is 9.97 Å². The zero-order valence-corrected chi connectivity index (χ0v) is 11.2. The van der Waals surface area contributed by atoms with Gasteiger partial charge in [0.15, 0.2) is 5.82 Å². The second-order valence-corrected chi connectivity index (χ2v) is 5.35. The van der Waals surface area contributed by atoms with Crippen molar-refractivity contribution in [3.05, 3.63) is 22.8 Å². The lowest BCUT2D eigenvalue weighted by molar-refractivity contribution is 0.0691. The average Bonchev–Trinajstić information content (AvgIpc) is 2.35. The molecule has 1 atom stereocenters. The molecule has 0 saturated carbocycles. The number of ether oxygens (including phenoxy) is 1. The van der Waals surface area contributed by atoms with E-state index in [4.69, 9.17) is 10.5 Å². The number of rotatable bonds is 3. The topological polar surface area (TPSA) is 61.0 Å². The van der Waals surface area contributed by atoms with Crippen LogP contribution in [0.4, 0.5) is 0 Å². The molecule has 0 spiro atoms. The van der Waals surface area contributed by atoms with Gasteiger partial charge in [0, 0.05) is 22.9 Å². The Labute approximate surface area is 106 Å². The summed E-state index contributed by atoms with van der Waals surface area (Å²) in [6.45, 7) is 5.49. The quantitative estimate of drug-likeness (QED) is 0.882. The zero-order valence-electron chi connectivity index (χ0n) is 10.4. The van der Waals surface area contributed by atoms with Crippen molar-refractivity contribution in [1.29, 1.82) is 0 Å². The summed E-state index contributed by atoms with van der Waals surface area (Å²) in [5, 5.41) is 0. The van der Waals surface area contributed by atoms with E-state index >= 15 is 0 Å². The minimum atomic E-state index is 0.0538. The second-order valence-electron chi connectivity index (χ2n) is 4.20. The Morgan fingerprint density at radius 1 is 1.35 bits per heavy atom. The largest absolute Gasteiger partial charge is 0.368 e. The number of aryl methyl sites for hydroxylation is 2. The zero-order chi connectivity index (χ0) is 12.3. The third-order valence-corrected chi connectivity index (χ3v) is 3.93. The van der Waals surface area contributed by atoms with Crippen molar-refractivity contribution in [2.45, 2.75) is 26.4 Å². The minimum absolute atomic E-state index is 0.0538. The Morgan fingerprint density at radius 2 is 2.06 bits per heavy atom. The first-order valence-corrected chi connectivity index (χ1v) is 7.11. The molecule has 94 valence electrons. The molecule has 1 unspecified atom stereocenters. The van der Waals surface area contributed by atoms with Gasteiger partial charge in [-0.25, -0.2) is 9.97 Å². The Hall–Kier alpha value is -0.650. The van der Waals surface area contributed by atoms with Gasteiger partial charge in [0.25, 0.3) is 0 Å². The molecular formula is C12H19N3OS.